The molecule has 1 aromatic carbocycles. The monoisotopic (exact) mass is 281 g/mol. The maximum Gasteiger partial charge on any atom is 0.163 e. The molecule has 0 aliphatic heterocycles. The first-order chi connectivity index (χ1) is 9.72. The van der Waals surface area contributed by atoms with E-state index in [9.17, 15) is 0 Å². The Morgan fingerprint density at radius 3 is 2.40 bits per heavy atom. The van der Waals surface area contributed by atoms with Crippen molar-refractivity contribution in [2.75, 3.05) is 0 Å². The van der Waals surface area contributed by atoms with Gasteiger partial charge >= 0.3 is 0 Å². The van der Waals surface area contributed by atoms with E-state index in [0.29, 0.717) is 11.0 Å². The third-order valence-corrected chi connectivity index (χ3v) is 3.13. The van der Waals surface area contributed by atoms with Crippen molar-refractivity contribution in [2.24, 2.45) is 0 Å². The van der Waals surface area contributed by atoms with E-state index in [1.54, 1.807) is 12.3 Å². The fourth-order valence-electron chi connectivity index (χ4n) is 1.90. The van der Waals surface area contributed by atoms with E-state index >= 15 is 0 Å². The number of halogens is 1. The highest BCUT2D eigenvalue weighted by atomic mass is 35.5. The van der Waals surface area contributed by atoms with E-state index in [4.69, 9.17) is 11.6 Å². The molecule has 0 saturated carbocycles. The van der Waals surface area contributed by atoms with E-state index in [1.807, 2.05) is 49.4 Å². The molecular formula is C16H12ClN3. The van der Waals surface area contributed by atoms with Crippen LogP contribution in [0.3, 0.4) is 0 Å². The van der Waals surface area contributed by atoms with Crippen LogP contribution in [0.4, 0.5) is 0 Å². The average molecular weight is 282 g/mol. The number of hydrogen-bond donors (Lipinski definition) is 0. The van der Waals surface area contributed by atoms with Gasteiger partial charge in [-0.3, -0.25) is 4.98 Å². The van der Waals surface area contributed by atoms with Crippen molar-refractivity contribution in [1.82, 2.24) is 15.0 Å². The maximum absolute atomic E-state index is 6.11. The molecule has 98 valence electrons. The highest BCUT2D eigenvalue weighted by Crippen LogP contribution is 2.23. The van der Waals surface area contributed by atoms with E-state index in [2.05, 4.69) is 15.0 Å². The van der Waals surface area contributed by atoms with E-state index in [0.717, 1.165) is 22.5 Å². The minimum absolute atomic E-state index is 0.425. The SMILES string of the molecule is Cc1ccc(-c2nc(Cl)cc(-c3ccccc3)n2)cn1. The lowest BCUT2D eigenvalue weighted by atomic mass is 10.1. The smallest absolute Gasteiger partial charge is 0.163 e. The summed E-state index contributed by atoms with van der Waals surface area (Å²) in [5.41, 5.74) is 3.63. The second-order valence-electron chi connectivity index (χ2n) is 4.45. The zero-order valence-corrected chi connectivity index (χ0v) is 11.7. The summed E-state index contributed by atoms with van der Waals surface area (Å²) in [6.45, 7) is 1.94. The molecule has 3 rings (SSSR count). The number of aromatic nitrogens is 3. The van der Waals surface area contributed by atoms with Crippen molar-refractivity contribution in [2.45, 2.75) is 6.92 Å². The predicted octanol–water partition coefficient (Wildman–Crippen LogP) is 4.17. The van der Waals surface area contributed by atoms with Crippen molar-refractivity contribution in [3.63, 3.8) is 0 Å². The lowest BCUT2D eigenvalue weighted by Gasteiger charge is -2.05. The first kappa shape index (κ1) is 12.8. The molecule has 0 bridgehead atoms. The largest absolute Gasteiger partial charge is 0.261 e. The van der Waals surface area contributed by atoms with Gasteiger partial charge in [-0.25, -0.2) is 9.97 Å². The summed E-state index contributed by atoms with van der Waals surface area (Å²) in [6, 6.07) is 15.5. The van der Waals surface area contributed by atoms with Gasteiger partial charge in [-0.05, 0) is 19.1 Å². The molecule has 0 aliphatic rings. The van der Waals surface area contributed by atoms with Crippen LogP contribution < -0.4 is 0 Å². The summed E-state index contributed by atoms with van der Waals surface area (Å²) in [5.74, 6) is 0.587. The van der Waals surface area contributed by atoms with Crippen LogP contribution in [0.2, 0.25) is 5.15 Å². The molecule has 0 aliphatic carbocycles. The third-order valence-electron chi connectivity index (χ3n) is 2.93. The average Bonchev–Trinajstić information content (AvgIpc) is 2.48. The Balaban J connectivity index is 2.09. The lowest BCUT2D eigenvalue weighted by molar-refractivity contribution is 1.15. The van der Waals surface area contributed by atoms with Gasteiger partial charge in [0.25, 0.3) is 0 Å². The van der Waals surface area contributed by atoms with Crippen LogP contribution in [0.1, 0.15) is 5.69 Å². The maximum atomic E-state index is 6.11. The lowest BCUT2D eigenvalue weighted by Crippen LogP contribution is -1.94. The fraction of sp³-hybridized carbons (Fsp3) is 0.0625. The molecule has 0 spiro atoms. The second kappa shape index (κ2) is 5.39. The Morgan fingerprint density at radius 1 is 0.900 bits per heavy atom. The molecule has 0 fully saturated rings. The molecular weight excluding hydrogens is 270 g/mol. The van der Waals surface area contributed by atoms with Gasteiger partial charge in [0.1, 0.15) is 5.15 Å². The summed E-state index contributed by atoms with van der Waals surface area (Å²) in [6.07, 6.45) is 1.76. The van der Waals surface area contributed by atoms with Crippen molar-refractivity contribution >= 4 is 11.6 Å². The second-order valence-corrected chi connectivity index (χ2v) is 4.84. The summed E-state index contributed by atoms with van der Waals surface area (Å²) >= 11 is 6.11. The van der Waals surface area contributed by atoms with Gasteiger partial charge in [0.2, 0.25) is 0 Å². The number of rotatable bonds is 2. The van der Waals surface area contributed by atoms with Crippen LogP contribution in [0, 0.1) is 6.92 Å². The number of nitrogens with zero attached hydrogens (tertiary/aromatic N) is 3. The summed E-state index contributed by atoms with van der Waals surface area (Å²) in [4.78, 5) is 13.1. The molecule has 0 amide bonds. The predicted molar refractivity (Wildman–Crippen MR) is 80.4 cm³/mol. The number of hydrogen-bond acceptors (Lipinski definition) is 3. The van der Waals surface area contributed by atoms with Crippen molar-refractivity contribution in [3.05, 3.63) is 65.6 Å². The van der Waals surface area contributed by atoms with Crippen LogP contribution in [0.15, 0.2) is 54.7 Å². The normalized spacial score (nSPS) is 10.5. The molecule has 0 unspecified atom stereocenters. The van der Waals surface area contributed by atoms with Crippen molar-refractivity contribution in [1.29, 1.82) is 0 Å². The van der Waals surface area contributed by atoms with Gasteiger partial charge in [-0.2, -0.15) is 0 Å². The van der Waals surface area contributed by atoms with Gasteiger partial charge in [0.15, 0.2) is 5.82 Å². The zero-order valence-electron chi connectivity index (χ0n) is 10.9. The highest BCUT2D eigenvalue weighted by molar-refractivity contribution is 6.29. The van der Waals surface area contributed by atoms with E-state index in [-0.39, 0.29) is 0 Å². The topological polar surface area (TPSA) is 38.7 Å². The molecule has 2 aromatic heterocycles. The van der Waals surface area contributed by atoms with Crippen molar-refractivity contribution in [3.8, 4) is 22.6 Å². The Hall–Kier alpha value is -2.26. The quantitative estimate of drug-likeness (QED) is 0.662. The number of pyridine rings is 1. The molecule has 2 heterocycles. The summed E-state index contributed by atoms with van der Waals surface area (Å²) < 4.78 is 0. The Bertz CT molecular complexity index is 724. The van der Waals surface area contributed by atoms with Crippen LogP contribution in [0.5, 0.6) is 0 Å². The molecule has 0 saturated heterocycles. The number of aryl methyl sites for hydroxylation is 1. The first-order valence-corrected chi connectivity index (χ1v) is 6.63. The van der Waals surface area contributed by atoms with Gasteiger partial charge in [-0.1, -0.05) is 41.9 Å². The summed E-state index contributed by atoms with van der Waals surface area (Å²) in [5, 5.41) is 0.425. The van der Waals surface area contributed by atoms with Gasteiger partial charge in [-0.15, -0.1) is 0 Å². The fourth-order valence-corrected chi connectivity index (χ4v) is 2.09. The Morgan fingerprint density at radius 2 is 1.70 bits per heavy atom. The molecule has 3 nitrogen and oxygen atoms in total. The van der Waals surface area contributed by atoms with Gasteiger partial charge in [0, 0.05) is 29.1 Å². The molecule has 0 atom stereocenters. The van der Waals surface area contributed by atoms with Crippen molar-refractivity contribution < 1.29 is 0 Å². The minimum atomic E-state index is 0.425. The van der Waals surface area contributed by atoms with Gasteiger partial charge in [0.05, 0.1) is 5.69 Å². The molecule has 20 heavy (non-hydrogen) atoms. The standard InChI is InChI=1S/C16H12ClN3/c1-11-7-8-13(10-18-11)16-19-14(9-15(17)20-16)12-5-3-2-4-6-12/h2-10H,1H3. The number of benzene rings is 1. The minimum Gasteiger partial charge on any atom is -0.261 e. The zero-order chi connectivity index (χ0) is 13.9. The molecule has 0 N–H and O–H groups in total. The molecule has 3 aromatic rings. The highest BCUT2D eigenvalue weighted by Gasteiger charge is 2.07. The molecule has 0 radical (unpaired) electrons. The Labute approximate surface area is 122 Å². The first-order valence-electron chi connectivity index (χ1n) is 6.25. The van der Waals surface area contributed by atoms with E-state index < -0.39 is 0 Å². The molecule has 4 heteroatoms. The third kappa shape index (κ3) is 2.68. The van der Waals surface area contributed by atoms with Crippen LogP contribution >= 0.6 is 11.6 Å². The Kier molecular flexibility index (Phi) is 3.44. The van der Waals surface area contributed by atoms with E-state index in [1.165, 1.54) is 0 Å². The van der Waals surface area contributed by atoms with Crippen LogP contribution in [-0.4, -0.2) is 15.0 Å². The summed E-state index contributed by atoms with van der Waals surface area (Å²) in [7, 11) is 0. The van der Waals surface area contributed by atoms with Crippen LogP contribution in [0.25, 0.3) is 22.6 Å². The van der Waals surface area contributed by atoms with Crippen LogP contribution in [-0.2, 0) is 0 Å². The van der Waals surface area contributed by atoms with Gasteiger partial charge < -0.3 is 0 Å².